The topological polar surface area (TPSA) is 78.7 Å². The average molecular weight is 630 g/mol. The number of nitrogens with zero attached hydrogens (tertiary/aromatic N) is 6. The van der Waals surface area contributed by atoms with Crippen molar-refractivity contribution < 1.29 is 19.5 Å². The van der Waals surface area contributed by atoms with Gasteiger partial charge >= 0.3 is 19.5 Å². The van der Waals surface area contributed by atoms with Crippen LogP contribution in [0.1, 0.15) is 71.6 Å². The van der Waals surface area contributed by atoms with E-state index in [0.717, 1.165) is 66.8 Å². The molecule has 0 bridgehead atoms. The monoisotopic (exact) mass is 628 g/mol. The number of rotatable bonds is 4. The fourth-order valence-corrected chi connectivity index (χ4v) is 6.42. The SMILES string of the molecule is CC1=CC(C)=N/C1=C(/c1nccs1)c1[n-]c(C)cc1C.CC1=CC(C)=N/C1=C(/c1nccs1)c1[n-]c(C)cc1C.[Zn+2]. The summed E-state index contributed by atoms with van der Waals surface area (Å²) in [5.74, 6) is 0. The molecule has 0 spiro atoms. The van der Waals surface area contributed by atoms with Crippen molar-refractivity contribution >= 4 is 45.2 Å². The van der Waals surface area contributed by atoms with Crippen LogP contribution in [0.4, 0.5) is 0 Å². The molecule has 4 aromatic rings. The van der Waals surface area contributed by atoms with Crippen LogP contribution < -0.4 is 9.97 Å². The molecule has 0 saturated heterocycles. The van der Waals surface area contributed by atoms with Gasteiger partial charge in [0.15, 0.2) is 0 Å². The van der Waals surface area contributed by atoms with Gasteiger partial charge in [-0.2, -0.15) is 11.4 Å². The summed E-state index contributed by atoms with van der Waals surface area (Å²) in [4.78, 5) is 27.7. The largest absolute Gasteiger partial charge is 2.00 e. The summed E-state index contributed by atoms with van der Waals surface area (Å²) in [6, 6.07) is 4.21. The van der Waals surface area contributed by atoms with Crippen LogP contribution >= 0.6 is 22.7 Å². The summed E-state index contributed by atoms with van der Waals surface area (Å²) >= 11 is 3.26. The Morgan fingerprint density at radius 1 is 0.610 bits per heavy atom. The van der Waals surface area contributed by atoms with Crippen LogP contribution in [0.3, 0.4) is 0 Å². The second-order valence-electron chi connectivity index (χ2n) is 10.1. The van der Waals surface area contributed by atoms with Crippen molar-refractivity contribution in [3.63, 3.8) is 0 Å². The molecular weight excluding hydrogens is 598 g/mol. The molecule has 0 aliphatic carbocycles. The maximum atomic E-state index is 4.68. The Balaban J connectivity index is 0.000000184. The van der Waals surface area contributed by atoms with E-state index in [0.29, 0.717) is 0 Å². The molecule has 0 fully saturated rings. The molecule has 9 heteroatoms. The fourth-order valence-electron chi connectivity index (χ4n) is 5.05. The number of hydrogen-bond acceptors (Lipinski definition) is 6. The maximum Gasteiger partial charge on any atom is 2.00 e. The molecule has 0 saturated carbocycles. The standard InChI is InChI=1S/2C16H16N3S.Zn/c2*1-9-7-11(3)18-14(9)13(16-17-5-6-20-16)15-10(2)8-12(4)19-15;/h2*5-8H,1-4H3;/q2*-1;+2/b2*14-13+;. The summed E-state index contributed by atoms with van der Waals surface area (Å²) in [6.45, 7) is 16.4. The summed E-state index contributed by atoms with van der Waals surface area (Å²) in [6.07, 6.45) is 7.87. The van der Waals surface area contributed by atoms with Crippen molar-refractivity contribution in [2.45, 2.75) is 55.4 Å². The van der Waals surface area contributed by atoms with Crippen LogP contribution in [0.2, 0.25) is 0 Å². The van der Waals surface area contributed by atoms with E-state index in [4.69, 9.17) is 0 Å². The van der Waals surface area contributed by atoms with E-state index < -0.39 is 0 Å². The molecule has 0 N–H and O–H groups in total. The number of aryl methyl sites for hydroxylation is 4. The van der Waals surface area contributed by atoms with Crippen molar-refractivity contribution in [2.24, 2.45) is 9.98 Å². The first kappa shape index (κ1) is 30.7. The van der Waals surface area contributed by atoms with E-state index in [9.17, 15) is 0 Å². The molecule has 6 heterocycles. The van der Waals surface area contributed by atoms with Gasteiger partial charge in [0.05, 0.1) is 11.4 Å². The molecule has 2 aliphatic rings. The molecule has 41 heavy (non-hydrogen) atoms. The van der Waals surface area contributed by atoms with Gasteiger partial charge in [-0.25, -0.2) is 9.97 Å². The van der Waals surface area contributed by atoms with E-state index in [1.165, 1.54) is 22.3 Å². The maximum absolute atomic E-state index is 4.68. The Hall–Kier alpha value is -3.26. The van der Waals surface area contributed by atoms with Gasteiger partial charge in [0, 0.05) is 45.7 Å². The zero-order chi connectivity index (χ0) is 28.6. The van der Waals surface area contributed by atoms with E-state index in [2.05, 4.69) is 81.9 Å². The van der Waals surface area contributed by atoms with Gasteiger partial charge < -0.3 is 9.97 Å². The number of hydrogen-bond donors (Lipinski definition) is 0. The summed E-state index contributed by atoms with van der Waals surface area (Å²) in [5, 5.41) is 5.94. The molecule has 0 atom stereocenters. The number of aromatic nitrogens is 4. The van der Waals surface area contributed by atoms with Crippen LogP contribution in [-0.4, -0.2) is 21.4 Å². The van der Waals surface area contributed by atoms with Crippen LogP contribution in [-0.2, 0) is 19.5 Å². The first-order valence-electron chi connectivity index (χ1n) is 13.1. The average Bonchev–Trinajstić information content (AvgIpc) is 3.71. The molecule has 0 radical (unpaired) electrons. The van der Waals surface area contributed by atoms with Gasteiger partial charge in [-0.15, -0.1) is 34.1 Å². The van der Waals surface area contributed by atoms with Crippen molar-refractivity contribution in [3.8, 4) is 0 Å². The number of aliphatic imine (C=N–C) groups is 2. The Morgan fingerprint density at radius 3 is 1.24 bits per heavy atom. The van der Waals surface area contributed by atoms with E-state index in [1.807, 2.05) is 50.8 Å². The molecule has 6 nitrogen and oxygen atoms in total. The third kappa shape index (κ3) is 6.48. The Labute approximate surface area is 262 Å². The predicted molar refractivity (Wildman–Crippen MR) is 168 cm³/mol. The minimum atomic E-state index is 0. The predicted octanol–water partition coefficient (Wildman–Crippen LogP) is 7.79. The molecule has 2 aliphatic heterocycles. The second kappa shape index (κ2) is 12.7. The summed E-state index contributed by atoms with van der Waals surface area (Å²) in [5.41, 5.74) is 14.9. The van der Waals surface area contributed by atoms with Crippen LogP contribution in [0.5, 0.6) is 0 Å². The molecule has 204 valence electrons. The molecule has 0 aromatic carbocycles. The molecule has 6 rings (SSSR count). The first-order valence-corrected chi connectivity index (χ1v) is 14.9. The van der Waals surface area contributed by atoms with Crippen molar-refractivity contribution in [3.05, 3.63) is 114 Å². The normalized spacial score (nSPS) is 16.8. The molecule has 4 aromatic heterocycles. The minimum absolute atomic E-state index is 0. The zero-order valence-electron chi connectivity index (χ0n) is 24.8. The second-order valence-corrected chi connectivity index (χ2v) is 11.9. The van der Waals surface area contributed by atoms with Crippen LogP contribution in [0, 0.1) is 27.7 Å². The third-order valence-electron chi connectivity index (χ3n) is 6.59. The van der Waals surface area contributed by atoms with Crippen LogP contribution in [0.15, 0.2) is 80.0 Å². The zero-order valence-corrected chi connectivity index (χ0v) is 29.4. The van der Waals surface area contributed by atoms with Gasteiger partial charge in [0.1, 0.15) is 10.0 Å². The Kier molecular flexibility index (Phi) is 9.53. The molecular formula is C32H32N6S2Zn. The smallest absolute Gasteiger partial charge is 0.661 e. The van der Waals surface area contributed by atoms with Gasteiger partial charge in [-0.1, -0.05) is 37.1 Å². The van der Waals surface area contributed by atoms with Crippen molar-refractivity contribution in [2.75, 3.05) is 0 Å². The van der Waals surface area contributed by atoms with Gasteiger partial charge in [-0.3, -0.25) is 9.98 Å². The quantitative estimate of drug-likeness (QED) is 0.216. The Bertz CT molecular complexity index is 1620. The summed E-state index contributed by atoms with van der Waals surface area (Å²) in [7, 11) is 0. The molecule has 0 amide bonds. The third-order valence-corrected chi connectivity index (χ3v) is 8.17. The summed E-state index contributed by atoms with van der Waals surface area (Å²) < 4.78 is 0. The number of allylic oxidation sites excluding steroid dienone is 4. The van der Waals surface area contributed by atoms with Crippen LogP contribution in [0.25, 0.3) is 11.1 Å². The van der Waals surface area contributed by atoms with Crippen molar-refractivity contribution in [1.82, 2.24) is 19.9 Å². The molecule has 0 unspecified atom stereocenters. The van der Waals surface area contributed by atoms with E-state index in [1.54, 1.807) is 22.7 Å². The minimum Gasteiger partial charge on any atom is -0.661 e. The van der Waals surface area contributed by atoms with Gasteiger partial charge in [0.25, 0.3) is 0 Å². The van der Waals surface area contributed by atoms with Crippen molar-refractivity contribution in [1.29, 1.82) is 0 Å². The van der Waals surface area contributed by atoms with E-state index in [-0.39, 0.29) is 19.5 Å². The van der Waals surface area contributed by atoms with E-state index >= 15 is 0 Å². The van der Waals surface area contributed by atoms with Gasteiger partial charge in [0.2, 0.25) is 0 Å². The fraction of sp³-hybridized carbons (Fsp3) is 0.250. The Morgan fingerprint density at radius 2 is 1.00 bits per heavy atom. The van der Waals surface area contributed by atoms with Gasteiger partial charge in [-0.05, 0) is 64.8 Å². The first-order chi connectivity index (χ1) is 19.1. The number of thiazole rings is 2.